The Labute approximate surface area is 202 Å². The molecule has 0 aliphatic carbocycles. The summed E-state index contributed by atoms with van der Waals surface area (Å²) in [5.41, 5.74) is 0.478. The number of β-lactam (4-membered cyclic amide) rings is 1. The Morgan fingerprint density at radius 2 is 1.97 bits per heavy atom. The third kappa shape index (κ3) is 4.12. The Hall–Kier alpha value is -2.43. The smallest absolute Gasteiger partial charge is 0.353 e. The fourth-order valence-electron chi connectivity index (χ4n) is 5.38. The van der Waals surface area contributed by atoms with Crippen molar-refractivity contribution in [1.82, 2.24) is 14.7 Å². The number of fused-ring (bicyclic) bond motifs is 1. The van der Waals surface area contributed by atoms with Crippen molar-refractivity contribution < 1.29 is 29.0 Å². The van der Waals surface area contributed by atoms with E-state index in [2.05, 4.69) is 0 Å². The van der Waals surface area contributed by atoms with Crippen LogP contribution in [0.25, 0.3) is 0 Å². The van der Waals surface area contributed by atoms with E-state index in [-0.39, 0.29) is 47.1 Å². The minimum Gasteiger partial charge on any atom is -0.477 e. The van der Waals surface area contributed by atoms with Gasteiger partial charge in [-0.15, -0.1) is 11.8 Å². The first-order chi connectivity index (χ1) is 16.0. The van der Waals surface area contributed by atoms with Crippen molar-refractivity contribution in [2.45, 2.75) is 50.3 Å². The second-order valence-electron chi connectivity index (χ2n) is 9.52. The molecule has 2 fully saturated rings. The molecule has 1 aromatic rings. The van der Waals surface area contributed by atoms with E-state index >= 15 is 0 Å². The number of hydrogen-bond acceptors (Lipinski definition) is 6. The third-order valence-corrected chi connectivity index (χ3v) is 8.52. The number of benzene rings is 1. The van der Waals surface area contributed by atoms with Crippen LogP contribution in [0.3, 0.4) is 0 Å². The van der Waals surface area contributed by atoms with Gasteiger partial charge in [0.25, 0.3) is 0 Å². The van der Waals surface area contributed by atoms with Gasteiger partial charge in [0.15, 0.2) is 0 Å². The quantitative estimate of drug-likeness (QED) is 0.561. The number of aliphatic hydroxyl groups is 1. The van der Waals surface area contributed by atoms with Gasteiger partial charge in [-0.05, 0) is 19.4 Å². The maximum atomic E-state index is 14.3. The molecule has 2 amide bonds. The van der Waals surface area contributed by atoms with Crippen LogP contribution in [-0.4, -0.2) is 86.8 Å². The van der Waals surface area contributed by atoms with E-state index < -0.39 is 24.0 Å². The second kappa shape index (κ2) is 9.31. The molecule has 0 saturated carbocycles. The molecule has 184 valence electrons. The number of halogens is 1. The molecule has 2 saturated heterocycles. The molecule has 2 N–H and O–H groups in total. The molecule has 3 heterocycles. The fraction of sp³-hybridized carbons (Fsp3) is 0.542. The first-order valence-corrected chi connectivity index (χ1v) is 12.2. The van der Waals surface area contributed by atoms with Crippen LogP contribution in [0.15, 0.2) is 34.9 Å². The number of hydrogen-bond donors (Lipinski definition) is 2. The van der Waals surface area contributed by atoms with E-state index in [0.717, 1.165) is 0 Å². The Bertz CT molecular complexity index is 1050. The van der Waals surface area contributed by atoms with Gasteiger partial charge in [-0.1, -0.05) is 25.1 Å². The van der Waals surface area contributed by atoms with Gasteiger partial charge < -0.3 is 20.0 Å². The summed E-state index contributed by atoms with van der Waals surface area (Å²) < 4.78 is 14.3. The molecule has 1 aromatic carbocycles. The van der Waals surface area contributed by atoms with E-state index in [1.54, 1.807) is 39.2 Å². The number of likely N-dealkylation sites (N-methyl/N-ethyl adjacent to an activating group) is 1. The Morgan fingerprint density at radius 1 is 1.29 bits per heavy atom. The highest BCUT2D eigenvalue weighted by Gasteiger charge is 2.60. The molecule has 0 spiro atoms. The Morgan fingerprint density at radius 3 is 2.56 bits per heavy atom. The van der Waals surface area contributed by atoms with E-state index in [9.17, 15) is 29.0 Å². The fourth-order valence-corrected chi connectivity index (χ4v) is 6.94. The van der Waals surface area contributed by atoms with Crippen LogP contribution in [0.1, 0.15) is 25.8 Å². The van der Waals surface area contributed by atoms with Crippen LogP contribution in [0, 0.1) is 17.7 Å². The van der Waals surface area contributed by atoms with Gasteiger partial charge in [-0.25, -0.2) is 9.18 Å². The Balaban J connectivity index is 1.58. The zero-order valence-electron chi connectivity index (χ0n) is 19.6. The average Bonchev–Trinajstić information content (AvgIpc) is 3.26. The van der Waals surface area contributed by atoms with Gasteiger partial charge >= 0.3 is 5.97 Å². The van der Waals surface area contributed by atoms with E-state index in [1.807, 2.05) is 11.8 Å². The summed E-state index contributed by atoms with van der Waals surface area (Å²) in [5.74, 6) is -2.81. The lowest BCUT2D eigenvalue weighted by Gasteiger charge is -2.46. The molecular weight excluding hydrogens is 461 g/mol. The standard InChI is InChI=1S/C24H30FN3O5S/c1-12-19-18(13(2)29)23(31)28(19)20(24(32)33)21(12)34-15-9-17(22(30)26(3)4)27(11-15)10-14-7-5-6-8-16(14)25/h5-8,12-13,15,17-19,29H,9-11H2,1-4H3,(H,32,33)/t12-,13-,15+,17+,18-,19-/m1/s1. The molecule has 10 heteroatoms. The number of nitrogens with zero attached hydrogens (tertiary/aromatic N) is 3. The summed E-state index contributed by atoms with van der Waals surface area (Å²) in [6.45, 7) is 4.18. The minimum absolute atomic E-state index is 0.0209. The SMILES string of the molecule is C[C@@H](O)[C@H]1C(=O)N2C(C(=O)O)=C(S[C@H]3C[C@@H](C(=O)N(C)C)N(Cc4ccccc4F)C3)[C@H](C)[C@H]12. The van der Waals surface area contributed by atoms with E-state index in [4.69, 9.17) is 0 Å². The molecular formula is C24H30FN3O5S. The maximum absolute atomic E-state index is 14.3. The monoisotopic (exact) mass is 491 g/mol. The number of rotatable bonds is 7. The van der Waals surface area contributed by atoms with Crippen molar-refractivity contribution in [3.63, 3.8) is 0 Å². The summed E-state index contributed by atoms with van der Waals surface area (Å²) >= 11 is 1.39. The van der Waals surface area contributed by atoms with Crippen LogP contribution in [0.4, 0.5) is 4.39 Å². The summed E-state index contributed by atoms with van der Waals surface area (Å²) in [6, 6.07) is 5.64. The topological polar surface area (TPSA) is 101 Å². The van der Waals surface area contributed by atoms with Crippen molar-refractivity contribution >= 4 is 29.5 Å². The van der Waals surface area contributed by atoms with Crippen molar-refractivity contribution in [2.75, 3.05) is 20.6 Å². The number of carboxylic acid groups (broad SMARTS) is 1. The largest absolute Gasteiger partial charge is 0.477 e. The van der Waals surface area contributed by atoms with Crippen LogP contribution in [-0.2, 0) is 20.9 Å². The third-order valence-electron chi connectivity index (χ3n) is 7.03. The number of carbonyl (C=O) groups is 3. The second-order valence-corrected chi connectivity index (χ2v) is 10.9. The molecule has 6 atom stereocenters. The summed E-state index contributed by atoms with van der Waals surface area (Å²) in [6.07, 6.45) is -0.377. The number of thioether (sulfide) groups is 1. The van der Waals surface area contributed by atoms with Gasteiger partial charge in [0.2, 0.25) is 11.8 Å². The number of carbonyl (C=O) groups excluding carboxylic acids is 2. The molecule has 0 radical (unpaired) electrons. The number of likely N-dealkylation sites (tertiary alicyclic amines) is 1. The molecule has 3 aliphatic heterocycles. The molecule has 3 aliphatic rings. The number of aliphatic hydroxyl groups excluding tert-OH is 1. The highest BCUT2D eigenvalue weighted by molar-refractivity contribution is 8.03. The number of aliphatic carboxylic acids is 1. The molecule has 34 heavy (non-hydrogen) atoms. The van der Waals surface area contributed by atoms with Gasteiger partial charge in [0.05, 0.1) is 24.1 Å². The van der Waals surface area contributed by atoms with Crippen LogP contribution < -0.4 is 0 Å². The van der Waals surface area contributed by atoms with Crippen LogP contribution >= 0.6 is 11.8 Å². The predicted octanol–water partition coefficient (Wildman–Crippen LogP) is 1.74. The highest BCUT2D eigenvalue weighted by atomic mass is 32.2. The van der Waals surface area contributed by atoms with Crippen LogP contribution in [0.2, 0.25) is 0 Å². The normalized spacial score (nSPS) is 29.8. The zero-order valence-corrected chi connectivity index (χ0v) is 20.5. The predicted molar refractivity (Wildman–Crippen MR) is 125 cm³/mol. The average molecular weight is 492 g/mol. The lowest BCUT2D eigenvalue weighted by atomic mass is 9.79. The lowest BCUT2D eigenvalue weighted by molar-refractivity contribution is -0.163. The molecule has 0 aromatic heterocycles. The summed E-state index contributed by atoms with van der Waals surface area (Å²) in [4.78, 5) is 43.0. The van der Waals surface area contributed by atoms with Gasteiger partial charge in [-0.3, -0.25) is 14.5 Å². The van der Waals surface area contributed by atoms with Crippen molar-refractivity contribution in [3.8, 4) is 0 Å². The molecule has 8 nitrogen and oxygen atoms in total. The molecule has 4 rings (SSSR count). The minimum atomic E-state index is -1.17. The zero-order chi connectivity index (χ0) is 24.9. The summed E-state index contributed by atoms with van der Waals surface area (Å²) in [7, 11) is 3.36. The maximum Gasteiger partial charge on any atom is 0.353 e. The first-order valence-electron chi connectivity index (χ1n) is 11.4. The van der Waals surface area contributed by atoms with E-state index in [0.29, 0.717) is 23.4 Å². The lowest BCUT2D eigenvalue weighted by Crippen LogP contribution is -2.63. The molecule has 0 unspecified atom stereocenters. The number of carboxylic acids is 1. The van der Waals surface area contributed by atoms with Gasteiger partial charge in [-0.2, -0.15) is 0 Å². The van der Waals surface area contributed by atoms with E-state index in [1.165, 1.54) is 27.6 Å². The summed E-state index contributed by atoms with van der Waals surface area (Å²) in [5, 5.41) is 19.8. The van der Waals surface area contributed by atoms with Gasteiger partial charge in [0, 0.05) is 48.8 Å². The highest BCUT2D eigenvalue weighted by Crippen LogP contribution is 2.52. The number of amides is 2. The van der Waals surface area contributed by atoms with Crippen LogP contribution in [0.5, 0.6) is 0 Å². The van der Waals surface area contributed by atoms with Gasteiger partial charge in [0.1, 0.15) is 11.5 Å². The first kappa shape index (κ1) is 24.7. The molecule has 0 bridgehead atoms. The van der Waals surface area contributed by atoms with Crippen molar-refractivity contribution in [3.05, 3.63) is 46.2 Å². The van der Waals surface area contributed by atoms with Crippen molar-refractivity contribution in [1.29, 1.82) is 0 Å². The van der Waals surface area contributed by atoms with Crippen molar-refractivity contribution in [2.24, 2.45) is 11.8 Å². The Kier molecular flexibility index (Phi) is 6.76.